The molecule has 0 aromatic heterocycles. The Hall–Kier alpha value is 0.860. The number of hydrogen-bond acceptors (Lipinski definition) is 0. The Morgan fingerprint density at radius 1 is 0.359 bits per heavy atom. The second-order valence-electron chi connectivity index (χ2n) is 16.7. The van der Waals surface area contributed by atoms with E-state index in [1.165, 1.54) is 25.7 Å². The van der Waals surface area contributed by atoms with Gasteiger partial charge in [0.25, 0.3) is 0 Å². The largest absolute Gasteiger partial charge is 0.0942 e. The Labute approximate surface area is 247 Å². The van der Waals surface area contributed by atoms with Gasteiger partial charge in [-0.2, -0.15) is 0 Å². The molecule has 2 bridgehead atoms. The lowest BCUT2D eigenvalue weighted by Gasteiger charge is -2.59. The van der Waals surface area contributed by atoms with Crippen LogP contribution in [0.3, 0.4) is 0 Å². The molecule has 0 aromatic carbocycles. The van der Waals surface area contributed by atoms with Crippen LogP contribution in [0.2, 0.25) is 0 Å². The van der Waals surface area contributed by atoms with Crippen LogP contribution in [-0.2, 0) is 0 Å². The number of hydrogen-bond donors (Lipinski definition) is 0. The van der Waals surface area contributed by atoms with E-state index in [1.54, 1.807) is 122 Å². The van der Waals surface area contributed by atoms with E-state index in [0.717, 1.165) is 46.3 Å². The molecule has 4 atom stereocenters. The summed E-state index contributed by atoms with van der Waals surface area (Å²) >= 11 is 0. The summed E-state index contributed by atoms with van der Waals surface area (Å²) in [6.07, 6.45) is 36.1. The van der Waals surface area contributed by atoms with Crippen LogP contribution in [0.4, 0.5) is 0 Å². The second kappa shape index (κ2) is 12.8. The molecule has 0 spiro atoms. The Kier molecular flexibility index (Phi) is 9.85. The van der Waals surface area contributed by atoms with Gasteiger partial charge in [-0.1, -0.05) is 121 Å². The van der Waals surface area contributed by atoms with Gasteiger partial charge in [0.2, 0.25) is 0 Å². The lowest BCUT2D eigenvalue weighted by Crippen LogP contribution is -2.51. The van der Waals surface area contributed by atoms with E-state index in [1.807, 2.05) is 0 Å². The maximum absolute atomic E-state index is 2.92. The van der Waals surface area contributed by atoms with Crippen LogP contribution < -0.4 is 0 Å². The molecule has 6 aliphatic carbocycles. The van der Waals surface area contributed by atoms with E-state index >= 15 is 0 Å². The first-order valence-electron chi connectivity index (χ1n) is 18.5. The third-order valence-corrected chi connectivity index (χ3v) is 22.2. The molecule has 0 nitrogen and oxygen atoms in total. The zero-order chi connectivity index (χ0) is 27.0. The molecule has 0 radical (unpaired) electrons. The van der Waals surface area contributed by atoms with Gasteiger partial charge < -0.3 is 0 Å². The molecule has 6 fully saturated rings. The highest BCUT2D eigenvalue weighted by molar-refractivity contribution is 7.61. The van der Waals surface area contributed by atoms with Gasteiger partial charge in [0.15, 0.2) is 0 Å². The molecule has 0 amide bonds. The monoisotopic (exact) mass is 572 g/mol. The maximum Gasteiger partial charge on any atom is -0.0112 e. The Bertz CT molecular complexity index is 662. The smallest absolute Gasteiger partial charge is 0.0112 e. The minimum absolute atomic E-state index is 0.122. The van der Waals surface area contributed by atoms with E-state index in [0.29, 0.717) is 10.3 Å². The van der Waals surface area contributed by atoms with E-state index in [2.05, 4.69) is 27.7 Å². The molecule has 2 unspecified atom stereocenters. The quantitative estimate of drug-likeness (QED) is 0.254. The van der Waals surface area contributed by atoms with Gasteiger partial charge >= 0.3 is 0 Å². The fraction of sp³-hybridized carbons (Fsp3) is 1.00. The lowest BCUT2D eigenvalue weighted by atomic mass is 9.68. The Balaban J connectivity index is 1.35. The minimum Gasteiger partial charge on any atom is -0.0942 e. The lowest BCUT2D eigenvalue weighted by molar-refractivity contribution is 0.146. The van der Waals surface area contributed by atoms with Crippen molar-refractivity contribution in [3.8, 4) is 0 Å². The van der Waals surface area contributed by atoms with Gasteiger partial charge in [0.05, 0.1) is 0 Å². The molecule has 6 rings (SSSR count). The van der Waals surface area contributed by atoms with Crippen molar-refractivity contribution >= 4 is 15.8 Å². The van der Waals surface area contributed by atoms with Gasteiger partial charge in [-0.15, -0.1) is 0 Å². The van der Waals surface area contributed by atoms with E-state index in [9.17, 15) is 0 Å². The molecule has 0 N–H and O–H groups in total. The first kappa shape index (κ1) is 29.9. The van der Waals surface area contributed by atoms with Crippen molar-refractivity contribution in [2.45, 2.75) is 208 Å². The third kappa shape index (κ3) is 5.99. The summed E-state index contributed by atoms with van der Waals surface area (Å²) in [6.45, 7) is 11.7. The van der Waals surface area contributed by atoms with Crippen LogP contribution in [0.5, 0.6) is 0 Å². The van der Waals surface area contributed by atoms with Crippen molar-refractivity contribution in [3.05, 3.63) is 0 Å². The second-order valence-corrected chi connectivity index (χ2v) is 23.5. The normalized spacial score (nSPS) is 34.9. The first-order chi connectivity index (χ1) is 18.9. The maximum atomic E-state index is 2.92. The number of rotatable bonds is 8. The first-order valence-corrected chi connectivity index (χ1v) is 21.4. The molecular weight excluding hydrogens is 506 g/mol. The highest BCUT2D eigenvalue weighted by Crippen LogP contribution is 2.76. The summed E-state index contributed by atoms with van der Waals surface area (Å²) in [7, 11) is 0.244. The molecule has 2 heteroatoms. The van der Waals surface area contributed by atoms with E-state index in [4.69, 9.17) is 0 Å². The zero-order valence-corrected chi connectivity index (χ0v) is 28.6. The topological polar surface area (TPSA) is 0 Å². The van der Waals surface area contributed by atoms with Crippen molar-refractivity contribution in [2.24, 2.45) is 23.7 Å². The predicted octanol–water partition coefficient (Wildman–Crippen LogP) is 12.5. The predicted molar refractivity (Wildman–Crippen MR) is 177 cm³/mol. The van der Waals surface area contributed by atoms with Crippen molar-refractivity contribution in [1.82, 2.24) is 0 Å². The molecule has 6 saturated carbocycles. The van der Waals surface area contributed by atoms with Crippen LogP contribution in [-0.4, -0.2) is 32.9 Å². The van der Waals surface area contributed by atoms with Crippen LogP contribution >= 0.6 is 15.8 Å². The van der Waals surface area contributed by atoms with E-state index < -0.39 is 0 Å². The van der Waals surface area contributed by atoms with Crippen LogP contribution in [0.15, 0.2) is 0 Å². The molecular formula is C37H66P2. The van der Waals surface area contributed by atoms with Gasteiger partial charge in [-0.25, -0.2) is 0 Å². The summed E-state index contributed by atoms with van der Waals surface area (Å²) in [5.41, 5.74) is 4.42. The highest BCUT2D eigenvalue weighted by atomic mass is 31.1. The van der Waals surface area contributed by atoms with Crippen molar-refractivity contribution in [1.29, 1.82) is 0 Å². The van der Waals surface area contributed by atoms with Gasteiger partial charge in [0.1, 0.15) is 0 Å². The zero-order valence-electron chi connectivity index (χ0n) is 26.8. The molecule has 0 saturated heterocycles. The SMILES string of the molecule is CC(C)([C@H]1C2CCC(C2)[C@@H]1C(C)(C)P(C1CCCCC1)C1CCCCC1)P(C1CCCCC1)C1CCCCC1. The molecule has 0 heterocycles. The number of fused-ring (bicyclic) bond motifs is 2. The van der Waals surface area contributed by atoms with E-state index in [-0.39, 0.29) is 15.8 Å². The standard InChI is InChI=1S/C37H66P2/c1-36(2,38(30-17-9-5-10-18-30)31-19-11-6-12-20-31)34-28-25-26-29(27-28)35(34)37(3,4)39(32-21-13-7-14-22-32)33-23-15-8-16-24-33/h28-35H,5-27H2,1-4H3/t28?,29?,34-,35-/m0/s1. The summed E-state index contributed by atoms with van der Waals surface area (Å²) in [5, 5.41) is 1.20. The van der Waals surface area contributed by atoms with Crippen molar-refractivity contribution in [3.63, 3.8) is 0 Å². The minimum atomic E-state index is 0.122. The van der Waals surface area contributed by atoms with Crippen molar-refractivity contribution in [2.75, 3.05) is 0 Å². The van der Waals surface area contributed by atoms with Crippen LogP contribution in [0, 0.1) is 23.7 Å². The van der Waals surface area contributed by atoms with Gasteiger partial charge in [-0.3, -0.25) is 0 Å². The molecule has 39 heavy (non-hydrogen) atoms. The van der Waals surface area contributed by atoms with Crippen molar-refractivity contribution < 1.29 is 0 Å². The average Bonchev–Trinajstić information content (AvgIpc) is 3.58. The molecule has 0 aromatic rings. The fourth-order valence-corrected chi connectivity index (χ4v) is 22.7. The summed E-state index contributed by atoms with van der Waals surface area (Å²) < 4.78 is 0. The molecule has 0 aliphatic heterocycles. The van der Waals surface area contributed by atoms with Gasteiger partial charge in [-0.05, 0) is 127 Å². The Morgan fingerprint density at radius 3 is 0.872 bits per heavy atom. The fourth-order valence-electron chi connectivity index (χ4n) is 12.6. The third-order valence-electron chi connectivity index (χ3n) is 13.8. The molecule has 6 aliphatic rings. The summed E-state index contributed by atoms with van der Waals surface area (Å²) in [5.74, 6) is 4.22. The highest BCUT2D eigenvalue weighted by Gasteiger charge is 2.62. The van der Waals surface area contributed by atoms with Gasteiger partial charge in [0, 0.05) is 0 Å². The Morgan fingerprint density at radius 2 is 0.615 bits per heavy atom. The summed E-state index contributed by atoms with van der Waals surface area (Å²) in [6, 6.07) is 0. The average molecular weight is 573 g/mol. The van der Waals surface area contributed by atoms with Crippen LogP contribution in [0.25, 0.3) is 0 Å². The molecule has 224 valence electrons. The summed E-state index contributed by atoms with van der Waals surface area (Å²) in [4.78, 5) is 0. The van der Waals surface area contributed by atoms with Crippen LogP contribution in [0.1, 0.15) is 175 Å².